The van der Waals surface area contributed by atoms with Gasteiger partial charge < -0.3 is 14.8 Å². The molecule has 2 amide bonds. The number of hydrogen-bond donors (Lipinski definition) is 1. The fraction of sp³-hybridized carbons (Fsp3) is 0.115. The molecule has 3 aromatic carbocycles. The highest BCUT2D eigenvalue weighted by Crippen LogP contribution is 2.37. The first-order valence-corrected chi connectivity index (χ1v) is 11.1. The Bertz CT molecular complexity index is 1250. The molecule has 0 aliphatic carbocycles. The van der Waals surface area contributed by atoms with Gasteiger partial charge in [0.15, 0.2) is 0 Å². The molecular formula is C26H22BrN3O. The zero-order chi connectivity index (χ0) is 21.4. The van der Waals surface area contributed by atoms with Crippen LogP contribution in [0.15, 0.2) is 95.6 Å². The van der Waals surface area contributed by atoms with Gasteiger partial charge in [0.05, 0.1) is 24.0 Å². The van der Waals surface area contributed by atoms with Crippen LogP contribution in [0.25, 0.3) is 5.69 Å². The van der Waals surface area contributed by atoms with Crippen molar-refractivity contribution < 1.29 is 4.79 Å². The summed E-state index contributed by atoms with van der Waals surface area (Å²) in [6, 6.07) is 28.2. The van der Waals surface area contributed by atoms with E-state index >= 15 is 0 Å². The van der Waals surface area contributed by atoms with Crippen molar-refractivity contribution in [3.05, 3.63) is 118 Å². The zero-order valence-corrected chi connectivity index (χ0v) is 18.7. The summed E-state index contributed by atoms with van der Waals surface area (Å²) in [4.78, 5) is 15.6. The number of aromatic nitrogens is 1. The number of fused-ring (bicyclic) bond motifs is 3. The fourth-order valence-electron chi connectivity index (χ4n) is 4.19. The first-order valence-electron chi connectivity index (χ1n) is 10.3. The van der Waals surface area contributed by atoms with Crippen LogP contribution in [0.4, 0.5) is 10.5 Å². The number of carbonyl (C=O) groups excluding carboxylic acids is 1. The van der Waals surface area contributed by atoms with E-state index in [2.05, 4.69) is 81.4 Å². The molecular weight excluding hydrogens is 450 g/mol. The second-order valence-corrected chi connectivity index (χ2v) is 8.64. The van der Waals surface area contributed by atoms with Crippen molar-refractivity contribution in [3.63, 3.8) is 0 Å². The molecule has 31 heavy (non-hydrogen) atoms. The van der Waals surface area contributed by atoms with Gasteiger partial charge >= 0.3 is 6.03 Å². The van der Waals surface area contributed by atoms with Crippen LogP contribution in [0, 0.1) is 6.92 Å². The maximum atomic E-state index is 13.6. The fourth-order valence-corrected chi connectivity index (χ4v) is 4.57. The van der Waals surface area contributed by atoms with Crippen LogP contribution >= 0.6 is 15.9 Å². The molecule has 154 valence electrons. The third-order valence-corrected chi connectivity index (χ3v) is 6.42. The van der Waals surface area contributed by atoms with E-state index in [4.69, 9.17) is 0 Å². The van der Waals surface area contributed by atoms with Gasteiger partial charge in [0, 0.05) is 16.4 Å². The van der Waals surface area contributed by atoms with E-state index in [-0.39, 0.29) is 12.1 Å². The summed E-state index contributed by atoms with van der Waals surface area (Å²) in [5, 5.41) is 3.10. The van der Waals surface area contributed by atoms with Gasteiger partial charge in [-0.1, -0.05) is 60.2 Å². The SMILES string of the molecule is Cc1ccc(C2c3cccn3-c3ccccc3CN2C(=O)Nc2ccccc2Br)cc1. The highest BCUT2D eigenvalue weighted by atomic mass is 79.9. The Morgan fingerprint density at radius 3 is 2.48 bits per heavy atom. The molecule has 5 heteroatoms. The van der Waals surface area contributed by atoms with E-state index in [0.717, 1.165) is 32.7 Å². The van der Waals surface area contributed by atoms with Gasteiger partial charge in [-0.05, 0) is 64.3 Å². The summed E-state index contributed by atoms with van der Waals surface area (Å²) in [5.74, 6) is 0. The summed E-state index contributed by atoms with van der Waals surface area (Å²) < 4.78 is 3.06. The van der Waals surface area contributed by atoms with Gasteiger partial charge in [-0.25, -0.2) is 4.79 Å². The molecule has 1 aliphatic rings. The van der Waals surface area contributed by atoms with Gasteiger partial charge in [-0.2, -0.15) is 0 Å². The standard InChI is InChI=1S/C26H22BrN3O/c1-18-12-14-19(15-13-18)25-24-11-6-16-29(24)23-10-5-2-7-20(23)17-30(25)26(31)28-22-9-4-3-8-21(22)27/h2-16,25H,17H2,1H3,(H,28,31). The number of nitrogens with zero attached hydrogens (tertiary/aromatic N) is 2. The lowest BCUT2D eigenvalue weighted by Gasteiger charge is -2.31. The van der Waals surface area contributed by atoms with E-state index < -0.39 is 0 Å². The van der Waals surface area contributed by atoms with Crippen molar-refractivity contribution in [2.24, 2.45) is 0 Å². The molecule has 5 rings (SSSR count). The first kappa shape index (κ1) is 19.6. The number of para-hydroxylation sites is 2. The quantitative estimate of drug-likeness (QED) is 0.347. The van der Waals surface area contributed by atoms with Gasteiger partial charge in [0.25, 0.3) is 0 Å². The van der Waals surface area contributed by atoms with Crippen LogP contribution in [0.5, 0.6) is 0 Å². The summed E-state index contributed by atoms with van der Waals surface area (Å²) in [6.45, 7) is 2.58. The average Bonchev–Trinajstić information content (AvgIpc) is 3.20. The van der Waals surface area contributed by atoms with Crippen LogP contribution in [0.3, 0.4) is 0 Å². The van der Waals surface area contributed by atoms with Crippen molar-refractivity contribution in [1.82, 2.24) is 9.47 Å². The summed E-state index contributed by atoms with van der Waals surface area (Å²) in [6.07, 6.45) is 2.07. The molecule has 0 saturated heterocycles. The minimum atomic E-state index is -0.217. The molecule has 0 saturated carbocycles. The Balaban J connectivity index is 1.64. The lowest BCUT2D eigenvalue weighted by atomic mass is 10.0. The average molecular weight is 472 g/mol. The number of halogens is 1. The number of anilines is 1. The van der Waals surface area contributed by atoms with Gasteiger partial charge in [0.2, 0.25) is 0 Å². The molecule has 0 radical (unpaired) electrons. The molecule has 0 bridgehead atoms. The molecule has 0 fully saturated rings. The minimum Gasteiger partial charge on any atom is -0.318 e. The lowest BCUT2D eigenvalue weighted by Crippen LogP contribution is -2.38. The van der Waals surface area contributed by atoms with Crippen LogP contribution < -0.4 is 5.32 Å². The molecule has 0 spiro atoms. The van der Waals surface area contributed by atoms with Gasteiger partial charge in [-0.3, -0.25) is 0 Å². The van der Waals surface area contributed by atoms with E-state index in [0.29, 0.717) is 6.54 Å². The topological polar surface area (TPSA) is 37.3 Å². The lowest BCUT2D eigenvalue weighted by molar-refractivity contribution is 0.194. The highest BCUT2D eigenvalue weighted by Gasteiger charge is 2.33. The number of nitrogens with one attached hydrogen (secondary N) is 1. The van der Waals surface area contributed by atoms with Crippen LogP contribution in [0.2, 0.25) is 0 Å². The minimum absolute atomic E-state index is 0.137. The predicted molar refractivity (Wildman–Crippen MR) is 127 cm³/mol. The maximum absolute atomic E-state index is 13.6. The molecule has 1 unspecified atom stereocenters. The Morgan fingerprint density at radius 1 is 0.935 bits per heavy atom. The highest BCUT2D eigenvalue weighted by molar-refractivity contribution is 9.10. The van der Waals surface area contributed by atoms with Crippen molar-refractivity contribution in [2.75, 3.05) is 5.32 Å². The van der Waals surface area contributed by atoms with Crippen molar-refractivity contribution >= 4 is 27.6 Å². The van der Waals surface area contributed by atoms with Crippen molar-refractivity contribution in [2.45, 2.75) is 19.5 Å². The number of hydrogen-bond acceptors (Lipinski definition) is 1. The van der Waals surface area contributed by atoms with E-state index in [1.807, 2.05) is 47.4 Å². The number of carbonyl (C=O) groups is 1. The first-order chi connectivity index (χ1) is 15.1. The number of rotatable bonds is 2. The Labute approximate surface area is 190 Å². The Hall–Kier alpha value is -3.31. The smallest absolute Gasteiger partial charge is 0.318 e. The second kappa shape index (κ2) is 8.08. The van der Waals surface area contributed by atoms with Crippen LogP contribution in [-0.4, -0.2) is 15.5 Å². The van der Waals surface area contributed by atoms with Crippen molar-refractivity contribution in [3.8, 4) is 5.69 Å². The van der Waals surface area contributed by atoms with E-state index in [1.54, 1.807) is 0 Å². The monoisotopic (exact) mass is 471 g/mol. The van der Waals surface area contributed by atoms with E-state index in [9.17, 15) is 4.79 Å². The summed E-state index contributed by atoms with van der Waals surface area (Å²) >= 11 is 3.54. The van der Waals surface area contributed by atoms with Crippen molar-refractivity contribution in [1.29, 1.82) is 0 Å². The third kappa shape index (κ3) is 3.66. The Morgan fingerprint density at radius 2 is 1.68 bits per heavy atom. The number of amides is 2. The number of urea groups is 1. The van der Waals surface area contributed by atoms with E-state index in [1.165, 1.54) is 5.56 Å². The molecule has 2 heterocycles. The molecule has 1 aliphatic heterocycles. The molecule has 4 nitrogen and oxygen atoms in total. The summed E-state index contributed by atoms with van der Waals surface area (Å²) in [7, 11) is 0. The predicted octanol–water partition coefficient (Wildman–Crippen LogP) is 6.69. The maximum Gasteiger partial charge on any atom is 0.323 e. The third-order valence-electron chi connectivity index (χ3n) is 5.73. The largest absolute Gasteiger partial charge is 0.323 e. The Kier molecular flexibility index (Phi) is 5.12. The zero-order valence-electron chi connectivity index (χ0n) is 17.1. The molecule has 1 atom stereocenters. The number of aryl methyl sites for hydroxylation is 1. The van der Waals surface area contributed by atoms with Gasteiger partial charge in [-0.15, -0.1) is 0 Å². The molecule has 4 aromatic rings. The van der Waals surface area contributed by atoms with Crippen LogP contribution in [-0.2, 0) is 6.54 Å². The van der Waals surface area contributed by atoms with Gasteiger partial charge in [0.1, 0.15) is 0 Å². The molecule has 1 aromatic heterocycles. The second-order valence-electron chi connectivity index (χ2n) is 7.78. The van der Waals surface area contributed by atoms with Crippen LogP contribution in [0.1, 0.15) is 28.4 Å². The number of benzene rings is 3. The molecule has 1 N–H and O–H groups in total. The summed E-state index contributed by atoms with van der Waals surface area (Å²) in [5.41, 5.74) is 6.31. The normalized spacial score (nSPS) is 15.0.